The van der Waals surface area contributed by atoms with Crippen LogP contribution in [0.1, 0.15) is 31.2 Å². The number of nitrogens with two attached hydrogens (primary N) is 1. The van der Waals surface area contributed by atoms with Crippen LogP contribution in [0.15, 0.2) is 29.2 Å². The molecule has 1 aromatic rings. The summed E-state index contributed by atoms with van der Waals surface area (Å²) in [4.78, 5) is 0.0494. The van der Waals surface area contributed by atoms with Crippen LogP contribution in [0, 0.1) is 0 Å². The molecule has 0 aliphatic heterocycles. The third-order valence-corrected chi connectivity index (χ3v) is 6.42. The summed E-state index contributed by atoms with van der Waals surface area (Å²) in [6, 6.07) is 5.70. The van der Waals surface area contributed by atoms with Crippen LogP contribution in [0.3, 0.4) is 0 Å². The third-order valence-electron chi connectivity index (χ3n) is 3.87. The summed E-state index contributed by atoms with van der Waals surface area (Å²) in [5.41, 5.74) is 6.24. The molecule has 2 atom stereocenters. The highest BCUT2D eigenvalue weighted by Gasteiger charge is 2.27. The molecule has 124 valence electrons. The Hall–Kier alpha value is -0.960. The van der Waals surface area contributed by atoms with Crippen molar-refractivity contribution in [1.82, 2.24) is 4.72 Å². The maximum absolute atomic E-state index is 12.3. The summed E-state index contributed by atoms with van der Waals surface area (Å²) < 4.78 is 50.8. The Bertz CT molecular complexity index is 729. The summed E-state index contributed by atoms with van der Waals surface area (Å²) in [7, 11) is -7.11. The van der Waals surface area contributed by atoms with Gasteiger partial charge in [0, 0.05) is 18.3 Å². The summed E-state index contributed by atoms with van der Waals surface area (Å²) in [5.74, 6) is -0.362. The Kier molecular flexibility index (Phi) is 5.26. The molecular weight excluding hydrogens is 324 g/mol. The van der Waals surface area contributed by atoms with E-state index in [1.165, 1.54) is 12.1 Å². The third kappa shape index (κ3) is 4.52. The molecule has 2 rings (SSSR count). The second-order valence-corrected chi connectivity index (χ2v) is 9.55. The number of benzene rings is 1. The maximum Gasteiger partial charge on any atom is 0.216 e. The Morgan fingerprint density at radius 2 is 1.77 bits per heavy atom. The van der Waals surface area contributed by atoms with Crippen LogP contribution in [-0.4, -0.2) is 35.2 Å². The minimum absolute atomic E-state index is 0.0494. The number of hydrogen-bond acceptors (Lipinski definition) is 5. The minimum Gasteiger partial charge on any atom is -0.326 e. The van der Waals surface area contributed by atoms with Gasteiger partial charge in [-0.3, -0.25) is 0 Å². The van der Waals surface area contributed by atoms with Gasteiger partial charge >= 0.3 is 0 Å². The summed E-state index contributed by atoms with van der Waals surface area (Å²) in [6.07, 6.45) is 4.54. The molecule has 0 heterocycles. The number of nitrogens with one attached hydrogen (secondary N) is 1. The molecule has 0 spiro atoms. The van der Waals surface area contributed by atoms with Gasteiger partial charge < -0.3 is 5.73 Å². The van der Waals surface area contributed by atoms with Crippen molar-refractivity contribution in [3.8, 4) is 0 Å². The van der Waals surface area contributed by atoms with Crippen molar-refractivity contribution in [1.29, 1.82) is 0 Å². The Morgan fingerprint density at radius 3 is 2.41 bits per heavy atom. The molecule has 1 aliphatic rings. The van der Waals surface area contributed by atoms with E-state index in [0.717, 1.165) is 25.5 Å². The highest BCUT2D eigenvalue weighted by molar-refractivity contribution is 7.91. The van der Waals surface area contributed by atoms with Crippen LogP contribution >= 0.6 is 0 Å². The molecule has 22 heavy (non-hydrogen) atoms. The van der Waals surface area contributed by atoms with Crippen LogP contribution < -0.4 is 10.5 Å². The zero-order valence-corrected chi connectivity index (χ0v) is 14.2. The lowest BCUT2D eigenvalue weighted by molar-refractivity contribution is 0.361. The van der Waals surface area contributed by atoms with Gasteiger partial charge in [0.2, 0.25) is 10.0 Å². The molecule has 1 aromatic carbocycles. The molecule has 0 radical (unpaired) electrons. The molecule has 0 amide bonds. The number of hydrogen-bond donors (Lipinski definition) is 2. The molecule has 0 bridgehead atoms. The van der Waals surface area contributed by atoms with Gasteiger partial charge in [0.25, 0.3) is 0 Å². The second kappa shape index (κ2) is 6.66. The lowest BCUT2D eigenvalue weighted by Gasteiger charge is -2.29. The van der Waals surface area contributed by atoms with Gasteiger partial charge in [-0.05, 0) is 24.5 Å². The predicted octanol–water partition coefficient (Wildman–Crippen LogP) is 0.779. The standard InChI is InChI=1S/C14H22N2O4S2/c1-21(17,18)14-9-5-2-6-11(14)10-22(19,20)16-13-8-4-3-7-12(13)15/h2,5-6,9,12-13,16H,3-4,7-8,10,15H2,1H3. The van der Waals surface area contributed by atoms with Crippen LogP contribution in [-0.2, 0) is 25.6 Å². The zero-order valence-electron chi connectivity index (χ0n) is 12.5. The molecule has 1 fully saturated rings. The fraction of sp³-hybridized carbons (Fsp3) is 0.571. The van der Waals surface area contributed by atoms with Crippen molar-refractivity contribution in [2.24, 2.45) is 5.73 Å². The van der Waals surface area contributed by atoms with E-state index in [1.807, 2.05) is 0 Å². The molecular formula is C14H22N2O4S2. The lowest BCUT2D eigenvalue weighted by atomic mass is 9.92. The highest BCUT2D eigenvalue weighted by Crippen LogP contribution is 2.20. The lowest BCUT2D eigenvalue weighted by Crippen LogP contribution is -2.49. The summed E-state index contributed by atoms with van der Waals surface area (Å²) in [6.45, 7) is 0. The summed E-state index contributed by atoms with van der Waals surface area (Å²) >= 11 is 0. The van der Waals surface area contributed by atoms with Crippen LogP contribution in [0.25, 0.3) is 0 Å². The largest absolute Gasteiger partial charge is 0.326 e. The van der Waals surface area contributed by atoms with E-state index in [1.54, 1.807) is 12.1 Å². The van der Waals surface area contributed by atoms with Crippen molar-refractivity contribution in [2.75, 3.05) is 6.26 Å². The quantitative estimate of drug-likeness (QED) is 0.819. The highest BCUT2D eigenvalue weighted by atomic mass is 32.2. The van der Waals surface area contributed by atoms with E-state index in [0.29, 0.717) is 6.42 Å². The molecule has 2 unspecified atom stereocenters. The van der Waals surface area contributed by atoms with Crippen LogP contribution in [0.4, 0.5) is 0 Å². The average Bonchev–Trinajstić information content (AvgIpc) is 2.40. The van der Waals surface area contributed by atoms with Gasteiger partial charge in [-0.1, -0.05) is 31.0 Å². The van der Waals surface area contributed by atoms with E-state index in [-0.39, 0.29) is 28.3 Å². The van der Waals surface area contributed by atoms with Crippen molar-refractivity contribution in [3.63, 3.8) is 0 Å². The van der Waals surface area contributed by atoms with Gasteiger partial charge in [0.15, 0.2) is 9.84 Å². The first-order chi connectivity index (χ1) is 10.2. The fourth-order valence-corrected chi connectivity index (χ4v) is 5.30. The first kappa shape index (κ1) is 17.4. The first-order valence-electron chi connectivity index (χ1n) is 7.22. The smallest absolute Gasteiger partial charge is 0.216 e. The van der Waals surface area contributed by atoms with Gasteiger partial charge in [0.1, 0.15) is 0 Å². The fourth-order valence-electron chi connectivity index (χ4n) is 2.77. The number of sulfone groups is 1. The van der Waals surface area contributed by atoms with Crippen molar-refractivity contribution in [3.05, 3.63) is 29.8 Å². The van der Waals surface area contributed by atoms with E-state index in [4.69, 9.17) is 5.73 Å². The minimum atomic E-state index is -3.64. The van der Waals surface area contributed by atoms with Crippen molar-refractivity contribution >= 4 is 19.9 Å². The normalized spacial score (nSPS) is 23.4. The number of rotatable bonds is 5. The average molecular weight is 346 g/mol. The number of sulfonamides is 1. The maximum atomic E-state index is 12.3. The van der Waals surface area contributed by atoms with E-state index >= 15 is 0 Å². The zero-order chi connectivity index (χ0) is 16.4. The van der Waals surface area contributed by atoms with Crippen molar-refractivity contribution < 1.29 is 16.8 Å². The molecule has 6 nitrogen and oxygen atoms in total. The monoisotopic (exact) mass is 346 g/mol. The van der Waals surface area contributed by atoms with E-state index in [9.17, 15) is 16.8 Å². The first-order valence-corrected chi connectivity index (χ1v) is 10.8. The van der Waals surface area contributed by atoms with Gasteiger partial charge in [-0.15, -0.1) is 0 Å². The summed E-state index contributed by atoms with van der Waals surface area (Å²) in [5, 5.41) is 0. The van der Waals surface area contributed by atoms with Crippen LogP contribution in [0.5, 0.6) is 0 Å². The Labute approximate surface area is 132 Å². The molecule has 8 heteroatoms. The van der Waals surface area contributed by atoms with Gasteiger partial charge in [-0.2, -0.15) is 0 Å². The molecule has 0 aromatic heterocycles. The van der Waals surface area contributed by atoms with Crippen molar-refractivity contribution in [2.45, 2.75) is 48.4 Å². The van der Waals surface area contributed by atoms with E-state index < -0.39 is 19.9 Å². The van der Waals surface area contributed by atoms with Gasteiger partial charge in [0.05, 0.1) is 10.6 Å². The second-order valence-electron chi connectivity index (χ2n) is 5.81. The predicted molar refractivity (Wildman–Crippen MR) is 85.5 cm³/mol. The molecule has 3 N–H and O–H groups in total. The van der Waals surface area contributed by atoms with Gasteiger partial charge in [-0.25, -0.2) is 21.6 Å². The van der Waals surface area contributed by atoms with E-state index in [2.05, 4.69) is 4.72 Å². The molecule has 0 saturated heterocycles. The van der Waals surface area contributed by atoms with Crippen LogP contribution in [0.2, 0.25) is 0 Å². The SMILES string of the molecule is CS(=O)(=O)c1ccccc1CS(=O)(=O)NC1CCCCC1N. The molecule has 1 saturated carbocycles. The topological polar surface area (TPSA) is 106 Å². The Morgan fingerprint density at radius 1 is 1.14 bits per heavy atom. The Balaban J connectivity index is 2.19. The molecule has 1 aliphatic carbocycles.